The summed E-state index contributed by atoms with van der Waals surface area (Å²) in [4.78, 5) is 19.5. The molecule has 1 N–H and O–H groups in total. The topological polar surface area (TPSA) is 98.9 Å². The summed E-state index contributed by atoms with van der Waals surface area (Å²) in [6.07, 6.45) is -0.0630. The van der Waals surface area contributed by atoms with Gasteiger partial charge in [0.15, 0.2) is 24.0 Å². The number of carboxylic acid groups (broad SMARTS) is 1. The molecular weight excluding hydrogens is 263 g/mol. The summed E-state index contributed by atoms with van der Waals surface area (Å²) in [7, 11) is 0. The zero-order valence-electron chi connectivity index (χ0n) is 8.35. The number of alkyl halides is 2. The van der Waals surface area contributed by atoms with E-state index in [1.165, 1.54) is 0 Å². The van der Waals surface area contributed by atoms with Gasteiger partial charge in [0.1, 0.15) is 0 Å². The predicted molar refractivity (Wildman–Crippen MR) is 45.6 cm³/mol. The van der Waals surface area contributed by atoms with Crippen molar-refractivity contribution in [1.82, 2.24) is 0 Å². The fourth-order valence-electron chi connectivity index (χ4n) is 1.59. The summed E-state index contributed by atoms with van der Waals surface area (Å²) in [6.45, 7) is -0.823. The summed E-state index contributed by atoms with van der Waals surface area (Å²) in [5.41, 5.74) is -1.98. The Morgan fingerprint density at radius 1 is 1.56 bits per heavy atom. The van der Waals surface area contributed by atoms with Crippen molar-refractivity contribution in [1.29, 1.82) is 0 Å². The van der Waals surface area contributed by atoms with Crippen LogP contribution < -0.4 is 0 Å². The average Bonchev–Trinajstić information content (AvgIpc) is 2.60. The maximum absolute atomic E-state index is 13.9. The van der Waals surface area contributed by atoms with Gasteiger partial charge in [0.05, 0.1) is 11.0 Å². The van der Waals surface area contributed by atoms with Crippen LogP contribution in [0.5, 0.6) is 0 Å². The molecule has 1 fully saturated rings. The lowest BCUT2D eigenvalue weighted by molar-refractivity contribution is -0.577. The molecule has 0 saturated carbocycles. The van der Waals surface area contributed by atoms with Crippen molar-refractivity contribution >= 4 is 5.97 Å². The second kappa shape index (κ2) is 3.45. The maximum atomic E-state index is 13.9. The third-order valence-electron chi connectivity index (χ3n) is 2.44. The standard InChI is InChI=1S/C8H4F3NO6/c9-5-4(6(13)14)7(10,12(15)16)1-3-8(5,11)18-2-17-3/h1H,2H2,(H,13,14). The Kier molecular flexibility index (Phi) is 2.37. The molecule has 1 saturated heterocycles. The van der Waals surface area contributed by atoms with Gasteiger partial charge in [0.25, 0.3) is 0 Å². The number of aliphatic carboxylic acids is 1. The minimum Gasteiger partial charge on any atom is -0.478 e. The first-order valence-electron chi connectivity index (χ1n) is 4.40. The zero-order chi connectivity index (χ0) is 13.7. The predicted octanol–water partition coefficient (Wildman–Crippen LogP) is 0.805. The second-order valence-corrected chi connectivity index (χ2v) is 3.43. The van der Waals surface area contributed by atoms with Gasteiger partial charge in [0.2, 0.25) is 0 Å². The van der Waals surface area contributed by atoms with Crippen LogP contribution in [0.3, 0.4) is 0 Å². The van der Waals surface area contributed by atoms with Crippen molar-refractivity contribution in [2.75, 3.05) is 6.79 Å². The molecule has 2 atom stereocenters. The Balaban J connectivity index is 2.71. The lowest BCUT2D eigenvalue weighted by Crippen LogP contribution is -2.45. The molecule has 0 aromatic rings. The molecule has 0 aromatic heterocycles. The van der Waals surface area contributed by atoms with Crippen molar-refractivity contribution in [3.8, 4) is 0 Å². The van der Waals surface area contributed by atoms with E-state index < -0.39 is 46.5 Å². The number of nitrogens with zero attached hydrogens (tertiary/aromatic N) is 1. The van der Waals surface area contributed by atoms with Crippen LogP contribution in [0.2, 0.25) is 0 Å². The van der Waals surface area contributed by atoms with Gasteiger partial charge in [-0.15, -0.1) is 0 Å². The van der Waals surface area contributed by atoms with Gasteiger partial charge in [-0.1, -0.05) is 0 Å². The summed E-state index contributed by atoms with van der Waals surface area (Å²) < 4.78 is 49.9. The first-order valence-corrected chi connectivity index (χ1v) is 4.40. The molecular formula is C8H4F3NO6. The number of carboxylic acids is 1. The minimum absolute atomic E-state index is 0.0630. The average molecular weight is 267 g/mol. The third kappa shape index (κ3) is 1.32. The summed E-state index contributed by atoms with van der Waals surface area (Å²) >= 11 is 0. The number of ether oxygens (including phenoxy) is 2. The molecule has 0 bridgehead atoms. The van der Waals surface area contributed by atoms with Crippen molar-refractivity contribution in [2.24, 2.45) is 0 Å². The number of nitro groups is 1. The quantitative estimate of drug-likeness (QED) is 0.451. The number of hydrogen-bond acceptors (Lipinski definition) is 5. The Morgan fingerprint density at radius 2 is 2.17 bits per heavy atom. The molecule has 0 spiro atoms. The Labute approximate surface area is 96.2 Å². The van der Waals surface area contributed by atoms with Crippen LogP contribution in [0.15, 0.2) is 23.2 Å². The van der Waals surface area contributed by atoms with Gasteiger partial charge in [0, 0.05) is 0 Å². The van der Waals surface area contributed by atoms with Gasteiger partial charge in [-0.25, -0.2) is 9.18 Å². The van der Waals surface area contributed by atoms with E-state index in [1.54, 1.807) is 0 Å². The number of halogens is 3. The molecule has 1 aliphatic heterocycles. The molecule has 98 valence electrons. The SMILES string of the molecule is O=C(O)C1=C(F)C2(F)OCOC2=CC1(F)[N+](=O)[O-]. The van der Waals surface area contributed by atoms with Crippen LogP contribution in [-0.2, 0) is 14.3 Å². The van der Waals surface area contributed by atoms with E-state index in [2.05, 4.69) is 9.47 Å². The van der Waals surface area contributed by atoms with Crippen LogP contribution in [0.25, 0.3) is 0 Å². The molecule has 0 radical (unpaired) electrons. The van der Waals surface area contributed by atoms with Crippen molar-refractivity contribution in [2.45, 2.75) is 11.6 Å². The maximum Gasteiger partial charge on any atom is 0.417 e. The van der Waals surface area contributed by atoms with E-state index in [9.17, 15) is 28.1 Å². The van der Waals surface area contributed by atoms with Gasteiger partial charge >= 0.3 is 17.6 Å². The van der Waals surface area contributed by atoms with Crippen molar-refractivity contribution in [3.05, 3.63) is 33.3 Å². The lowest BCUT2D eigenvalue weighted by Gasteiger charge is -2.25. The number of fused-ring (bicyclic) bond motifs is 1. The Morgan fingerprint density at radius 3 is 2.67 bits per heavy atom. The number of hydrogen-bond donors (Lipinski definition) is 1. The first-order chi connectivity index (χ1) is 8.23. The fourth-order valence-corrected chi connectivity index (χ4v) is 1.59. The zero-order valence-corrected chi connectivity index (χ0v) is 8.35. The summed E-state index contributed by atoms with van der Waals surface area (Å²) in [5, 5.41) is 19.1. The molecule has 18 heavy (non-hydrogen) atoms. The monoisotopic (exact) mass is 267 g/mol. The minimum atomic E-state index is -3.92. The van der Waals surface area contributed by atoms with Gasteiger partial charge in [-0.3, -0.25) is 14.9 Å². The summed E-state index contributed by atoms with van der Waals surface area (Å²) in [6, 6.07) is 0. The van der Waals surface area contributed by atoms with E-state index in [-0.39, 0.29) is 6.08 Å². The highest BCUT2D eigenvalue weighted by atomic mass is 19.2. The molecule has 1 aliphatic carbocycles. The van der Waals surface area contributed by atoms with Gasteiger partial charge < -0.3 is 9.84 Å². The summed E-state index contributed by atoms with van der Waals surface area (Å²) in [5.74, 6) is -13.0. The Hall–Kier alpha value is -2.10. The molecule has 10 heteroatoms. The third-order valence-corrected chi connectivity index (χ3v) is 2.44. The molecule has 0 aromatic carbocycles. The van der Waals surface area contributed by atoms with Crippen LogP contribution in [-0.4, -0.2) is 34.4 Å². The van der Waals surface area contributed by atoms with E-state index in [4.69, 9.17) is 5.11 Å². The van der Waals surface area contributed by atoms with Crippen molar-refractivity contribution in [3.63, 3.8) is 0 Å². The van der Waals surface area contributed by atoms with Crippen LogP contribution in [0.4, 0.5) is 13.2 Å². The lowest BCUT2D eigenvalue weighted by atomic mass is 9.93. The van der Waals surface area contributed by atoms with Gasteiger partial charge in [-0.2, -0.15) is 8.78 Å². The highest BCUT2D eigenvalue weighted by molar-refractivity contribution is 5.90. The normalized spacial score (nSPS) is 34.7. The fraction of sp³-hybridized carbons (Fsp3) is 0.375. The van der Waals surface area contributed by atoms with E-state index in [0.29, 0.717) is 0 Å². The molecule has 2 rings (SSSR count). The smallest absolute Gasteiger partial charge is 0.417 e. The largest absolute Gasteiger partial charge is 0.478 e. The molecule has 2 unspecified atom stereocenters. The highest BCUT2D eigenvalue weighted by Crippen LogP contribution is 2.48. The molecule has 0 amide bonds. The number of carbonyl (C=O) groups is 1. The molecule has 2 aliphatic rings. The van der Waals surface area contributed by atoms with E-state index in [0.717, 1.165) is 0 Å². The second-order valence-electron chi connectivity index (χ2n) is 3.43. The highest BCUT2D eigenvalue weighted by Gasteiger charge is 2.64. The van der Waals surface area contributed by atoms with Crippen LogP contribution >= 0.6 is 0 Å². The van der Waals surface area contributed by atoms with Crippen LogP contribution in [0, 0.1) is 10.1 Å². The Bertz CT molecular complexity index is 517. The molecule has 1 heterocycles. The van der Waals surface area contributed by atoms with Crippen molar-refractivity contribution < 1.29 is 37.5 Å². The van der Waals surface area contributed by atoms with E-state index >= 15 is 0 Å². The first kappa shape index (κ1) is 12.4. The van der Waals surface area contributed by atoms with E-state index in [1.807, 2.05) is 0 Å². The van der Waals surface area contributed by atoms with Crippen LogP contribution in [0.1, 0.15) is 0 Å². The van der Waals surface area contributed by atoms with Gasteiger partial charge in [-0.05, 0) is 0 Å². The molecule has 7 nitrogen and oxygen atoms in total. The number of rotatable bonds is 2.